The van der Waals surface area contributed by atoms with Gasteiger partial charge < -0.3 is 25.3 Å². The predicted molar refractivity (Wildman–Crippen MR) is 145 cm³/mol. The molecule has 210 valence electrons. The molecule has 1 saturated heterocycles. The molecule has 3 atom stereocenters. The van der Waals surface area contributed by atoms with Crippen LogP contribution in [0.15, 0.2) is 46.0 Å². The van der Waals surface area contributed by atoms with Gasteiger partial charge in [-0.3, -0.25) is 14.7 Å². The molecule has 1 aromatic carbocycles. The van der Waals surface area contributed by atoms with Crippen molar-refractivity contribution in [2.75, 3.05) is 39.5 Å². The van der Waals surface area contributed by atoms with Gasteiger partial charge in [0, 0.05) is 30.4 Å². The van der Waals surface area contributed by atoms with Gasteiger partial charge in [0.2, 0.25) is 0 Å². The molecule has 0 spiro atoms. The molecule has 12 heteroatoms. The van der Waals surface area contributed by atoms with Gasteiger partial charge in [-0.05, 0) is 43.5 Å². The van der Waals surface area contributed by atoms with Crippen LogP contribution in [0.3, 0.4) is 0 Å². The zero-order chi connectivity index (χ0) is 27.9. The van der Waals surface area contributed by atoms with Crippen molar-refractivity contribution >= 4 is 29.1 Å². The summed E-state index contributed by atoms with van der Waals surface area (Å²) in [6.45, 7) is 7.32. The van der Waals surface area contributed by atoms with Crippen molar-refractivity contribution in [3.05, 3.63) is 63.0 Å². The number of aromatic nitrogens is 1. The molecule has 0 saturated carbocycles. The van der Waals surface area contributed by atoms with Gasteiger partial charge in [0.25, 0.3) is 0 Å². The molecule has 3 heterocycles. The molecule has 0 aliphatic carbocycles. The number of thiazole rings is 1. The number of halogens is 1. The lowest BCUT2D eigenvalue weighted by Crippen LogP contribution is -2.51. The lowest BCUT2D eigenvalue weighted by Gasteiger charge is -2.37. The van der Waals surface area contributed by atoms with Crippen molar-refractivity contribution in [2.24, 2.45) is 10.7 Å². The highest BCUT2D eigenvalue weighted by Gasteiger charge is 2.36. The zero-order valence-corrected chi connectivity index (χ0v) is 23.1. The number of nitrogens with zero attached hydrogens (tertiary/aromatic N) is 3. The Bertz CT molecular complexity index is 1240. The summed E-state index contributed by atoms with van der Waals surface area (Å²) in [7, 11) is 0. The average Bonchev–Trinajstić information content (AvgIpc) is 3.47. The van der Waals surface area contributed by atoms with Gasteiger partial charge in [-0.1, -0.05) is 13.0 Å². The monoisotopic (exact) mass is 559 g/mol. The maximum absolute atomic E-state index is 14.0. The van der Waals surface area contributed by atoms with Crippen molar-refractivity contribution in [2.45, 2.75) is 45.3 Å². The maximum Gasteiger partial charge on any atom is 0.338 e. The van der Waals surface area contributed by atoms with E-state index in [0.29, 0.717) is 66.0 Å². The van der Waals surface area contributed by atoms with Crippen molar-refractivity contribution in [3.63, 3.8) is 0 Å². The Morgan fingerprint density at radius 1 is 1.33 bits per heavy atom. The van der Waals surface area contributed by atoms with Crippen LogP contribution in [0.4, 0.5) is 4.39 Å². The fourth-order valence-electron chi connectivity index (χ4n) is 4.50. The Hall–Kier alpha value is -3.19. The summed E-state index contributed by atoms with van der Waals surface area (Å²) >= 11 is 1.41. The van der Waals surface area contributed by atoms with Crippen LogP contribution in [0.1, 0.15) is 42.4 Å². The molecule has 0 amide bonds. The molecule has 0 bridgehead atoms. The maximum atomic E-state index is 14.0. The van der Waals surface area contributed by atoms with E-state index in [1.54, 1.807) is 26.1 Å². The summed E-state index contributed by atoms with van der Waals surface area (Å²) in [4.78, 5) is 37.0. The van der Waals surface area contributed by atoms with E-state index < -0.39 is 24.0 Å². The van der Waals surface area contributed by atoms with Crippen LogP contribution in [0, 0.1) is 12.7 Å². The number of aryl methyl sites for hydroxylation is 1. The number of nitrogens with two attached hydrogens (primary N) is 1. The van der Waals surface area contributed by atoms with Crippen LogP contribution in [-0.2, 0) is 23.8 Å². The molecule has 4 rings (SSSR count). The minimum absolute atomic E-state index is 0.0997. The third-order valence-corrected chi connectivity index (χ3v) is 7.43. The van der Waals surface area contributed by atoms with Crippen LogP contribution in [0.5, 0.6) is 0 Å². The van der Waals surface area contributed by atoms with Gasteiger partial charge in [-0.15, -0.1) is 11.3 Å². The highest BCUT2D eigenvalue weighted by atomic mass is 32.1. The minimum Gasteiger partial charge on any atom is -0.463 e. The van der Waals surface area contributed by atoms with Gasteiger partial charge >= 0.3 is 11.9 Å². The van der Waals surface area contributed by atoms with Crippen molar-refractivity contribution in [1.82, 2.24) is 15.2 Å². The number of hydrogen-bond donors (Lipinski definition) is 2. The van der Waals surface area contributed by atoms with E-state index in [2.05, 4.69) is 15.2 Å². The van der Waals surface area contributed by atoms with Crippen molar-refractivity contribution in [1.29, 1.82) is 0 Å². The predicted octanol–water partition coefficient (Wildman–Crippen LogP) is 2.48. The number of amidine groups is 1. The van der Waals surface area contributed by atoms with E-state index in [4.69, 9.17) is 24.9 Å². The van der Waals surface area contributed by atoms with Crippen LogP contribution >= 0.6 is 11.3 Å². The molecular weight excluding hydrogens is 525 g/mol. The summed E-state index contributed by atoms with van der Waals surface area (Å²) in [6, 6.07) is 2.76. The Morgan fingerprint density at radius 2 is 2.15 bits per heavy atom. The standard InChI is InChI=1S/C27H34FN5O5S/c1-4-20(29)26(34)38-15-18-14-36-10-9-33(18)13-21-22(27(35)37-5-2)23(19-7-6-17(28)12-16(19)3)32-24(31-21)25-30-8-11-39-25/h6-8,11-12,18,20,23H,4-5,9-10,13-15,29H2,1-3H3,(H,31,32)/t18-,20+,23?/m1/s1. The normalized spacial score (nSPS) is 20.7. The number of esters is 2. The first kappa shape index (κ1) is 28.8. The van der Waals surface area contributed by atoms with Gasteiger partial charge in [0.15, 0.2) is 10.8 Å². The second kappa shape index (κ2) is 13.2. The Morgan fingerprint density at radius 3 is 2.85 bits per heavy atom. The van der Waals surface area contributed by atoms with Crippen molar-refractivity contribution in [3.8, 4) is 0 Å². The van der Waals surface area contributed by atoms with Crippen LogP contribution < -0.4 is 11.1 Å². The number of hydrogen-bond acceptors (Lipinski definition) is 11. The topological polar surface area (TPSA) is 128 Å². The SMILES string of the molecule is CCOC(=O)C1=C(CN2CCOC[C@@H]2COC(=O)[C@@H](N)CC)NC(c2nccs2)=NC1c1ccc(F)cc1C. The lowest BCUT2D eigenvalue weighted by atomic mass is 9.92. The number of carbonyl (C=O) groups excluding carboxylic acids is 2. The number of rotatable bonds is 10. The van der Waals surface area contributed by atoms with Gasteiger partial charge in [-0.2, -0.15) is 0 Å². The van der Waals surface area contributed by atoms with E-state index >= 15 is 0 Å². The van der Waals surface area contributed by atoms with Crippen LogP contribution in [0.2, 0.25) is 0 Å². The first-order valence-corrected chi connectivity index (χ1v) is 13.8. The summed E-state index contributed by atoms with van der Waals surface area (Å²) in [6.07, 6.45) is 2.16. The number of carbonyl (C=O) groups is 2. The molecule has 2 aliphatic heterocycles. The average molecular weight is 560 g/mol. The van der Waals surface area contributed by atoms with Gasteiger partial charge in [0.1, 0.15) is 24.5 Å². The fourth-order valence-corrected chi connectivity index (χ4v) is 5.08. The molecule has 0 radical (unpaired) electrons. The first-order chi connectivity index (χ1) is 18.8. The highest BCUT2D eigenvalue weighted by molar-refractivity contribution is 7.11. The molecule has 2 aliphatic rings. The summed E-state index contributed by atoms with van der Waals surface area (Å²) < 4.78 is 30.6. The van der Waals surface area contributed by atoms with Gasteiger partial charge in [-0.25, -0.2) is 14.2 Å². The van der Waals surface area contributed by atoms with Crippen LogP contribution in [-0.4, -0.2) is 79.3 Å². The number of benzene rings is 1. The van der Waals surface area contributed by atoms with E-state index in [-0.39, 0.29) is 25.1 Å². The van der Waals surface area contributed by atoms with Crippen molar-refractivity contribution < 1.29 is 28.2 Å². The summed E-state index contributed by atoms with van der Waals surface area (Å²) in [5.74, 6) is -0.840. The largest absolute Gasteiger partial charge is 0.463 e. The molecule has 39 heavy (non-hydrogen) atoms. The second-order valence-electron chi connectivity index (χ2n) is 9.30. The number of nitrogens with one attached hydrogen (secondary N) is 1. The zero-order valence-electron chi connectivity index (χ0n) is 22.3. The molecule has 1 fully saturated rings. The number of aliphatic imine (C=N–C) groups is 1. The molecule has 10 nitrogen and oxygen atoms in total. The van der Waals surface area contributed by atoms with E-state index in [9.17, 15) is 14.0 Å². The van der Waals surface area contributed by atoms with E-state index in [1.807, 2.05) is 12.3 Å². The number of morpholine rings is 1. The second-order valence-corrected chi connectivity index (χ2v) is 10.2. The fraction of sp³-hybridized carbons (Fsp3) is 0.481. The highest BCUT2D eigenvalue weighted by Crippen LogP contribution is 2.35. The van der Waals surface area contributed by atoms with Crippen LogP contribution in [0.25, 0.3) is 0 Å². The molecule has 1 aromatic heterocycles. The molecule has 1 unspecified atom stereocenters. The third-order valence-electron chi connectivity index (χ3n) is 6.65. The third kappa shape index (κ3) is 6.88. The number of ether oxygens (including phenoxy) is 3. The Kier molecular flexibility index (Phi) is 9.78. The lowest BCUT2D eigenvalue weighted by molar-refractivity contribution is -0.149. The minimum atomic E-state index is -0.736. The Balaban J connectivity index is 1.72. The summed E-state index contributed by atoms with van der Waals surface area (Å²) in [5.41, 5.74) is 8.09. The van der Waals surface area contributed by atoms with E-state index in [0.717, 1.165) is 0 Å². The molecule has 3 N–H and O–H groups in total. The molecule has 2 aromatic rings. The first-order valence-electron chi connectivity index (χ1n) is 13.0. The molecular formula is C27H34FN5O5S. The Labute approximate surface area is 231 Å². The van der Waals surface area contributed by atoms with E-state index in [1.165, 1.54) is 23.5 Å². The summed E-state index contributed by atoms with van der Waals surface area (Å²) in [5, 5.41) is 5.82. The van der Waals surface area contributed by atoms with Gasteiger partial charge in [0.05, 0.1) is 31.4 Å². The quantitative estimate of drug-likeness (QED) is 0.422. The smallest absolute Gasteiger partial charge is 0.338 e.